The molecule has 0 bridgehead atoms. The van der Waals surface area contributed by atoms with E-state index in [2.05, 4.69) is 25.2 Å². The van der Waals surface area contributed by atoms with Gasteiger partial charge in [-0.1, -0.05) is 19.8 Å². The highest BCUT2D eigenvalue weighted by atomic mass is 16.3. The molecule has 1 aliphatic carbocycles. The molecule has 0 saturated heterocycles. The Labute approximate surface area is 92.1 Å². The van der Waals surface area contributed by atoms with Crippen molar-refractivity contribution in [2.45, 2.75) is 45.6 Å². The Bertz CT molecular complexity index is 301. The van der Waals surface area contributed by atoms with E-state index in [1.165, 1.54) is 31.2 Å². The van der Waals surface area contributed by atoms with Gasteiger partial charge in [0.05, 0.1) is 6.26 Å². The molecule has 1 atom stereocenters. The molecule has 84 valence electrons. The zero-order chi connectivity index (χ0) is 10.7. The van der Waals surface area contributed by atoms with Crippen LogP contribution in [0.4, 0.5) is 0 Å². The Morgan fingerprint density at radius 2 is 2.33 bits per heavy atom. The molecule has 0 radical (unpaired) electrons. The Balaban J connectivity index is 1.99. The molecule has 1 unspecified atom stereocenters. The highest BCUT2D eigenvalue weighted by molar-refractivity contribution is 5.20. The summed E-state index contributed by atoms with van der Waals surface area (Å²) in [5.41, 5.74) is 1.36. The van der Waals surface area contributed by atoms with Crippen molar-refractivity contribution in [2.75, 3.05) is 6.54 Å². The third-order valence-corrected chi connectivity index (χ3v) is 3.18. The van der Waals surface area contributed by atoms with Crippen molar-refractivity contribution in [1.29, 1.82) is 0 Å². The summed E-state index contributed by atoms with van der Waals surface area (Å²) in [7, 11) is 0. The first-order valence-electron chi connectivity index (χ1n) is 6.08. The first-order chi connectivity index (χ1) is 7.31. The third kappa shape index (κ3) is 2.85. The largest absolute Gasteiger partial charge is 0.469 e. The van der Waals surface area contributed by atoms with Crippen LogP contribution in [0.3, 0.4) is 0 Å². The van der Waals surface area contributed by atoms with Crippen LogP contribution in [0, 0.1) is 12.8 Å². The van der Waals surface area contributed by atoms with E-state index in [4.69, 9.17) is 4.42 Å². The van der Waals surface area contributed by atoms with Crippen LogP contribution >= 0.6 is 0 Å². The zero-order valence-electron chi connectivity index (χ0n) is 9.75. The van der Waals surface area contributed by atoms with E-state index in [0.717, 1.165) is 18.2 Å². The molecule has 0 aliphatic heterocycles. The molecule has 1 N–H and O–H groups in total. The SMILES string of the molecule is CCCNC(CC1CC1)c1ccoc1C. The van der Waals surface area contributed by atoms with E-state index in [-0.39, 0.29) is 0 Å². The molecule has 1 fully saturated rings. The fraction of sp³-hybridized carbons (Fsp3) is 0.692. The van der Waals surface area contributed by atoms with Crippen LogP contribution in [0.2, 0.25) is 0 Å². The van der Waals surface area contributed by atoms with Crippen molar-refractivity contribution in [3.8, 4) is 0 Å². The Morgan fingerprint density at radius 1 is 1.53 bits per heavy atom. The third-order valence-electron chi connectivity index (χ3n) is 3.18. The van der Waals surface area contributed by atoms with Gasteiger partial charge in [0.2, 0.25) is 0 Å². The van der Waals surface area contributed by atoms with Crippen molar-refractivity contribution in [3.63, 3.8) is 0 Å². The molecule has 0 spiro atoms. The summed E-state index contributed by atoms with van der Waals surface area (Å²) in [5.74, 6) is 2.03. The van der Waals surface area contributed by atoms with Gasteiger partial charge in [-0.15, -0.1) is 0 Å². The van der Waals surface area contributed by atoms with E-state index < -0.39 is 0 Å². The molecule has 2 rings (SSSR count). The number of furan rings is 1. The van der Waals surface area contributed by atoms with Gasteiger partial charge < -0.3 is 9.73 Å². The summed E-state index contributed by atoms with van der Waals surface area (Å²) in [5, 5.41) is 3.62. The van der Waals surface area contributed by atoms with Crippen LogP contribution in [-0.2, 0) is 0 Å². The standard InChI is InChI=1S/C13H21NO/c1-3-7-14-13(9-11-4-5-11)12-6-8-15-10(12)2/h6,8,11,13-14H,3-5,7,9H2,1-2H3. The van der Waals surface area contributed by atoms with Gasteiger partial charge in [0.15, 0.2) is 0 Å². The lowest BCUT2D eigenvalue weighted by molar-refractivity contribution is 0.458. The molecule has 0 aromatic carbocycles. The van der Waals surface area contributed by atoms with Gasteiger partial charge in [0.1, 0.15) is 5.76 Å². The molecule has 2 heteroatoms. The summed E-state index contributed by atoms with van der Waals surface area (Å²) < 4.78 is 5.39. The number of hydrogen-bond donors (Lipinski definition) is 1. The van der Waals surface area contributed by atoms with E-state index in [1.807, 2.05) is 0 Å². The van der Waals surface area contributed by atoms with E-state index in [0.29, 0.717) is 6.04 Å². The van der Waals surface area contributed by atoms with Crippen LogP contribution in [0.25, 0.3) is 0 Å². The molecule has 15 heavy (non-hydrogen) atoms. The maximum absolute atomic E-state index is 5.39. The van der Waals surface area contributed by atoms with E-state index in [1.54, 1.807) is 6.26 Å². The minimum absolute atomic E-state index is 0.510. The van der Waals surface area contributed by atoms with Crippen LogP contribution in [-0.4, -0.2) is 6.54 Å². The maximum Gasteiger partial charge on any atom is 0.105 e. The van der Waals surface area contributed by atoms with Gasteiger partial charge in [-0.25, -0.2) is 0 Å². The summed E-state index contributed by atoms with van der Waals surface area (Å²) in [6.45, 7) is 5.37. The van der Waals surface area contributed by atoms with Gasteiger partial charge in [0.25, 0.3) is 0 Å². The molecule has 0 amide bonds. The van der Waals surface area contributed by atoms with Gasteiger partial charge in [0, 0.05) is 11.6 Å². The van der Waals surface area contributed by atoms with E-state index >= 15 is 0 Å². The van der Waals surface area contributed by atoms with Crippen LogP contribution < -0.4 is 5.32 Å². The average molecular weight is 207 g/mol. The highest BCUT2D eigenvalue weighted by Crippen LogP contribution is 2.38. The van der Waals surface area contributed by atoms with Crippen molar-refractivity contribution < 1.29 is 4.42 Å². The first kappa shape index (κ1) is 10.7. The second-order valence-corrected chi connectivity index (χ2v) is 4.62. The van der Waals surface area contributed by atoms with Crippen LogP contribution in [0.15, 0.2) is 16.7 Å². The molecular weight excluding hydrogens is 186 g/mol. The summed E-state index contributed by atoms with van der Waals surface area (Å²) in [6, 6.07) is 2.63. The van der Waals surface area contributed by atoms with Gasteiger partial charge in [-0.3, -0.25) is 0 Å². The van der Waals surface area contributed by atoms with Crippen molar-refractivity contribution in [1.82, 2.24) is 5.32 Å². The fourth-order valence-corrected chi connectivity index (χ4v) is 2.08. The second-order valence-electron chi connectivity index (χ2n) is 4.62. The smallest absolute Gasteiger partial charge is 0.105 e. The molecule has 2 nitrogen and oxygen atoms in total. The maximum atomic E-state index is 5.39. The normalized spacial score (nSPS) is 18.0. The minimum atomic E-state index is 0.510. The number of hydrogen-bond acceptors (Lipinski definition) is 2. The Morgan fingerprint density at radius 3 is 2.87 bits per heavy atom. The Hall–Kier alpha value is -0.760. The summed E-state index contributed by atoms with van der Waals surface area (Å²) in [4.78, 5) is 0. The second kappa shape index (κ2) is 4.84. The predicted octanol–water partition coefficient (Wildman–Crippen LogP) is 3.43. The number of nitrogens with one attached hydrogen (secondary N) is 1. The lowest BCUT2D eigenvalue weighted by atomic mass is 10.0. The van der Waals surface area contributed by atoms with Gasteiger partial charge in [-0.05, 0) is 38.3 Å². The summed E-state index contributed by atoms with van der Waals surface area (Å²) in [6.07, 6.45) is 7.11. The summed E-state index contributed by atoms with van der Waals surface area (Å²) >= 11 is 0. The number of aryl methyl sites for hydroxylation is 1. The highest BCUT2D eigenvalue weighted by Gasteiger charge is 2.27. The predicted molar refractivity (Wildman–Crippen MR) is 61.8 cm³/mol. The first-order valence-corrected chi connectivity index (χ1v) is 6.08. The average Bonchev–Trinajstić information content (AvgIpc) is 2.95. The quantitative estimate of drug-likeness (QED) is 0.773. The van der Waals surface area contributed by atoms with Crippen molar-refractivity contribution in [2.24, 2.45) is 5.92 Å². The van der Waals surface area contributed by atoms with Crippen LogP contribution in [0.5, 0.6) is 0 Å². The monoisotopic (exact) mass is 207 g/mol. The lowest BCUT2D eigenvalue weighted by Gasteiger charge is -2.17. The van der Waals surface area contributed by atoms with Crippen molar-refractivity contribution >= 4 is 0 Å². The Kier molecular flexibility index (Phi) is 3.47. The molecule has 1 aromatic rings. The lowest BCUT2D eigenvalue weighted by Crippen LogP contribution is -2.22. The molecule has 1 aliphatic rings. The van der Waals surface area contributed by atoms with Crippen LogP contribution in [0.1, 0.15) is 50.0 Å². The number of rotatable bonds is 6. The van der Waals surface area contributed by atoms with E-state index in [9.17, 15) is 0 Å². The fourth-order valence-electron chi connectivity index (χ4n) is 2.08. The zero-order valence-corrected chi connectivity index (χ0v) is 9.75. The molecule has 1 saturated carbocycles. The molecule has 1 heterocycles. The van der Waals surface area contributed by atoms with Gasteiger partial charge >= 0.3 is 0 Å². The molecular formula is C13H21NO. The van der Waals surface area contributed by atoms with Crippen molar-refractivity contribution in [3.05, 3.63) is 23.7 Å². The minimum Gasteiger partial charge on any atom is -0.469 e. The molecule has 1 aromatic heterocycles. The topological polar surface area (TPSA) is 25.2 Å². The van der Waals surface area contributed by atoms with Gasteiger partial charge in [-0.2, -0.15) is 0 Å².